The molecule has 0 aliphatic carbocycles. The Hall–Kier alpha value is -5.76. The van der Waals surface area contributed by atoms with Crippen LogP contribution < -0.4 is 10.6 Å². The van der Waals surface area contributed by atoms with Crippen molar-refractivity contribution in [2.45, 2.75) is 0 Å². The van der Waals surface area contributed by atoms with Gasteiger partial charge in [-0.15, -0.1) is 0 Å². The fourth-order valence-electron chi connectivity index (χ4n) is 5.08. The van der Waals surface area contributed by atoms with Crippen LogP contribution in [0.4, 0.5) is 34.1 Å². The second-order valence-electron chi connectivity index (χ2n) is 9.35. The quantitative estimate of drug-likeness (QED) is 0.101. The zero-order valence-electron chi connectivity index (χ0n) is 21.1. The van der Waals surface area contributed by atoms with Gasteiger partial charge in [0.1, 0.15) is 0 Å². The van der Waals surface area contributed by atoms with Crippen LogP contribution in [-0.4, -0.2) is 9.85 Å². The number of nitrogens with zero attached hydrogens (tertiary/aromatic N) is 3. The lowest BCUT2D eigenvalue weighted by Crippen LogP contribution is -2.11. The summed E-state index contributed by atoms with van der Waals surface area (Å²) in [6, 6.07) is 36.6. The molecule has 6 rings (SSSR count). The SMILES string of the molecule is Nc1ccc(-c2ccc(N(c3ccc([N+](=O)[O-])cc3)c3ccc([N+](=O)[O-])cc3)c3c2ccc2ccccc23)cc1. The van der Waals surface area contributed by atoms with Gasteiger partial charge in [-0.1, -0.05) is 54.6 Å². The summed E-state index contributed by atoms with van der Waals surface area (Å²) in [5.41, 5.74) is 10.8. The molecule has 2 N–H and O–H groups in total. The Kier molecular flexibility index (Phi) is 6.05. The number of nitro groups is 2. The highest BCUT2D eigenvalue weighted by Crippen LogP contribution is 2.45. The molecule has 194 valence electrons. The summed E-state index contributed by atoms with van der Waals surface area (Å²) in [6.07, 6.45) is 0. The van der Waals surface area contributed by atoms with Gasteiger partial charge in [0.25, 0.3) is 11.4 Å². The number of hydrogen-bond donors (Lipinski definition) is 1. The minimum atomic E-state index is -0.440. The van der Waals surface area contributed by atoms with Gasteiger partial charge in [-0.3, -0.25) is 20.2 Å². The van der Waals surface area contributed by atoms with Crippen LogP contribution >= 0.6 is 0 Å². The first-order valence-corrected chi connectivity index (χ1v) is 12.5. The lowest BCUT2D eigenvalue weighted by atomic mass is 9.92. The highest BCUT2D eigenvalue weighted by molar-refractivity contribution is 6.18. The highest BCUT2D eigenvalue weighted by Gasteiger charge is 2.20. The topological polar surface area (TPSA) is 116 Å². The standard InChI is InChI=1S/C32H22N4O4/c33-23-8-5-22(6-9-23)28-19-20-31(32-29-4-2-1-3-21(29)7-18-30(28)32)34(24-10-14-26(15-11-24)35(37)38)25-12-16-27(17-13-25)36(39)40/h1-20H,33H2. The van der Waals surface area contributed by atoms with Gasteiger partial charge in [-0.25, -0.2) is 0 Å². The molecular formula is C32H22N4O4. The molecule has 0 fully saturated rings. The molecule has 0 unspecified atom stereocenters. The number of hydrogen-bond acceptors (Lipinski definition) is 6. The fraction of sp³-hybridized carbons (Fsp3) is 0. The Balaban J connectivity index is 1.66. The van der Waals surface area contributed by atoms with E-state index in [0.29, 0.717) is 17.1 Å². The number of rotatable bonds is 6. The molecule has 0 radical (unpaired) electrons. The van der Waals surface area contributed by atoms with Gasteiger partial charge in [0.15, 0.2) is 0 Å². The van der Waals surface area contributed by atoms with Crippen molar-refractivity contribution in [2.75, 3.05) is 10.6 Å². The summed E-state index contributed by atoms with van der Waals surface area (Å²) in [5, 5.41) is 26.8. The van der Waals surface area contributed by atoms with E-state index >= 15 is 0 Å². The van der Waals surface area contributed by atoms with Gasteiger partial charge < -0.3 is 10.6 Å². The number of non-ortho nitro benzene ring substituents is 2. The number of nitro benzene ring substituents is 2. The molecule has 8 nitrogen and oxygen atoms in total. The number of nitrogen functional groups attached to an aromatic ring is 1. The molecule has 8 heteroatoms. The third-order valence-corrected chi connectivity index (χ3v) is 6.98. The summed E-state index contributed by atoms with van der Waals surface area (Å²) < 4.78 is 0. The molecule has 0 aliphatic rings. The number of anilines is 4. The van der Waals surface area contributed by atoms with Crippen molar-refractivity contribution in [1.82, 2.24) is 0 Å². The monoisotopic (exact) mass is 526 g/mol. The highest BCUT2D eigenvalue weighted by atomic mass is 16.6. The summed E-state index contributed by atoms with van der Waals surface area (Å²) in [5.74, 6) is 0. The van der Waals surface area contributed by atoms with Crippen molar-refractivity contribution in [1.29, 1.82) is 0 Å². The molecule has 0 aliphatic heterocycles. The zero-order valence-corrected chi connectivity index (χ0v) is 21.1. The molecule has 0 heterocycles. The van der Waals surface area contributed by atoms with Crippen LogP contribution in [0.15, 0.2) is 121 Å². The van der Waals surface area contributed by atoms with Gasteiger partial charge in [0, 0.05) is 46.7 Å². The molecule has 0 spiro atoms. The van der Waals surface area contributed by atoms with E-state index in [9.17, 15) is 20.2 Å². The molecule has 40 heavy (non-hydrogen) atoms. The molecule has 0 bridgehead atoms. The summed E-state index contributed by atoms with van der Waals surface area (Å²) in [7, 11) is 0. The number of benzene rings is 6. The molecule has 6 aromatic rings. The first kappa shape index (κ1) is 24.6. The first-order chi connectivity index (χ1) is 19.4. The Morgan fingerprint density at radius 1 is 0.575 bits per heavy atom. The van der Waals surface area contributed by atoms with Crippen molar-refractivity contribution in [3.8, 4) is 11.1 Å². The van der Waals surface area contributed by atoms with Crippen LogP contribution in [0.1, 0.15) is 0 Å². The third-order valence-electron chi connectivity index (χ3n) is 6.98. The Morgan fingerprint density at radius 2 is 1.15 bits per heavy atom. The van der Waals surface area contributed by atoms with Gasteiger partial charge in [0.2, 0.25) is 0 Å². The minimum Gasteiger partial charge on any atom is -0.399 e. The molecular weight excluding hydrogens is 504 g/mol. The van der Waals surface area contributed by atoms with E-state index in [2.05, 4.69) is 24.3 Å². The van der Waals surface area contributed by atoms with E-state index in [4.69, 9.17) is 5.73 Å². The van der Waals surface area contributed by atoms with E-state index in [1.807, 2.05) is 53.4 Å². The van der Waals surface area contributed by atoms with E-state index in [-0.39, 0.29) is 11.4 Å². The van der Waals surface area contributed by atoms with Crippen LogP contribution in [0.25, 0.3) is 32.7 Å². The van der Waals surface area contributed by atoms with Gasteiger partial charge in [0.05, 0.1) is 15.5 Å². The smallest absolute Gasteiger partial charge is 0.269 e. The number of nitrogens with two attached hydrogens (primary N) is 1. The Bertz CT molecular complexity index is 1840. The normalized spacial score (nSPS) is 11.0. The van der Waals surface area contributed by atoms with E-state index in [1.54, 1.807) is 24.3 Å². The van der Waals surface area contributed by atoms with Crippen molar-refractivity contribution in [3.63, 3.8) is 0 Å². The van der Waals surface area contributed by atoms with E-state index in [1.165, 1.54) is 24.3 Å². The molecule has 0 aromatic heterocycles. The van der Waals surface area contributed by atoms with Gasteiger partial charge in [-0.2, -0.15) is 0 Å². The van der Waals surface area contributed by atoms with Crippen LogP contribution in [0.3, 0.4) is 0 Å². The van der Waals surface area contributed by atoms with Crippen molar-refractivity contribution in [3.05, 3.63) is 142 Å². The predicted octanol–water partition coefficient (Wildman–Crippen LogP) is 8.53. The van der Waals surface area contributed by atoms with E-state index < -0.39 is 9.85 Å². The maximum Gasteiger partial charge on any atom is 0.269 e. The molecule has 0 amide bonds. The molecule has 0 saturated heterocycles. The summed E-state index contributed by atoms with van der Waals surface area (Å²) in [4.78, 5) is 23.8. The van der Waals surface area contributed by atoms with Gasteiger partial charge in [-0.05, 0) is 69.8 Å². The van der Waals surface area contributed by atoms with Crippen molar-refractivity contribution in [2.24, 2.45) is 0 Å². The lowest BCUT2D eigenvalue weighted by Gasteiger charge is -2.28. The predicted molar refractivity (Wildman–Crippen MR) is 159 cm³/mol. The maximum absolute atomic E-state index is 11.4. The van der Waals surface area contributed by atoms with Crippen LogP contribution in [0.2, 0.25) is 0 Å². The largest absolute Gasteiger partial charge is 0.399 e. The Labute approximate surface area is 228 Å². The zero-order chi connectivity index (χ0) is 27.8. The van der Waals surface area contributed by atoms with Crippen molar-refractivity contribution < 1.29 is 9.85 Å². The van der Waals surface area contributed by atoms with Crippen LogP contribution in [0.5, 0.6) is 0 Å². The summed E-state index contributed by atoms with van der Waals surface area (Å²) in [6.45, 7) is 0. The van der Waals surface area contributed by atoms with E-state index in [0.717, 1.165) is 38.4 Å². The second-order valence-corrected chi connectivity index (χ2v) is 9.35. The first-order valence-electron chi connectivity index (χ1n) is 12.5. The third kappa shape index (κ3) is 4.33. The average Bonchev–Trinajstić information content (AvgIpc) is 2.98. The van der Waals surface area contributed by atoms with Gasteiger partial charge >= 0.3 is 0 Å². The molecule has 0 saturated carbocycles. The number of fused-ring (bicyclic) bond motifs is 3. The molecule has 6 aromatic carbocycles. The van der Waals surface area contributed by atoms with Crippen molar-refractivity contribution >= 4 is 55.7 Å². The second kappa shape index (κ2) is 9.85. The maximum atomic E-state index is 11.4. The molecule has 0 atom stereocenters. The summed E-state index contributed by atoms with van der Waals surface area (Å²) >= 11 is 0. The average molecular weight is 527 g/mol. The van der Waals surface area contributed by atoms with Crippen LogP contribution in [-0.2, 0) is 0 Å². The Morgan fingerprint density at radius 3 is 1.73 bits per heavy atom. The van der Waals surface area contributed by atoms with Crippen LogP contribution in [0, 0.1) is 20.2 Å². The lowest BCUT2D eigenvalue weighted by molar-refractivity contribution is -0.385. The minimum absolute atomic E-state index is 0.0265. The fourth-order valence-corrected chi connectivity index (χ4v) is 5.08.